The highest BCUT2D eigenvalue weighted by atomic mass is 16.5. The number of rotatable bonds is 8. The molecule has 6 nitrogen and oxygen atoms in total. The minimum absolute atomic E-state index is 0.0312. The van der Waals surface area contributed by atoms with Gasteiger partial charge < -0.3 is 9.84 Å². The van der Waals surface area contributed by atoms with Crippen LogP contribution in [0.4, 0.5) is 0 Å². The zero-order chi connectivity index (χ0) is 23.2. The summed E-state index contributed by atoms with van der Waals surface area (Å²) in [4.78, 5) is 20.0. The molecular formula is C27H34N4O2. The Balaban J connectivity index is 1.37. The lowest BCUT2D eigenvalue weighted by Crippen LogP contribution is -2.43. The number of hydrogen-bond acceptors (Lipinski definition) is 5. The minimum Gasteiger partial charge on any atom is -0.349 e. The summed E-state index contributed by atoms with van der Waals surface area (Å²) in [6, 6.07) is 18.4. The van der Waals surface area contributed by atoms with E-state index >= 15 is 0 Å². The standard InChI is InChI=1S/C27H34N4O2/c1-19(2)15-24(21-10-5-4-6-11-21)28-27(32)23-13-8-14-31(17-23)18-25-29-26(30-33-25)22-12-7-9-20(3)16-22/h4-7,9-12,16,19,23-24H,8,13-15,17-18H2,1-3H3,(H,28,32). The molecule has 1 aliphatic heterocycles. The summed E-state index contributed by atoms with van der Waals surface area (Å²) in [6.45, 7) is 8.64. The number of hydrogen-bond donors (Lipinski definition) is 1. The predicted octanol–water partition coefficient (Wildman–Crippen LogP) is 5.16. The van der Waals surface area contributed by atoms with E-state index < -0.39 is 0 Å². The van der Waals surface area contributed by atoms with Gasteiger partial charge in [-0.1, -0.05) is 73.1 Å². The second-order valence-corrected chi connectivity index (χ2v) is 9.56. The number of aryl methyl sites for hydroxylation is 1. The summed E-state index contributed by atoms with van der Waals surface area (Å²) in [5.74, 6) is 1.81. The number of carbonyl (C=O) groups is 1. The fourth-order valence-electron chi connectivity index (χ4n) is 4.55. The molecule has 0 spiro atoms. The van der Waals surface area contributed by atoms with Crippen molar-refractivity contribution in [3.63, 3.8) is 0 Å². The van der Waals surface area contributed by atoms with Gasteiger partial charge in [-0.3, -0.25) is 9.69 Å². The van der Waals surface area contributed by atoms with E-state index in [-0.39, 0.29) is 17.9 Å². The van der Waals surface area contributed by atoms with Gasteiger partial charge in [-0.15, -0.1) is 0 Å². The molecule has 2 aromatic carbocycles. The predicted molar refractivity (Wildman–Crippen MR) is 129 cm³/mol. The lowest BCUT2D eigenvalue weighted by Gasteiger charge is -2.32. The molecule has 1 fully saturated rings. The van der Waals surface area contributed by atoms with E-state index in [4.69, 9.17) is 4.52 Å². The molecule has 1 aromatic heterocycles. The molecule has 3 aromatic rings. The fraction of sp³-hybridized carbons (Fsp3) is 0.444. The first-order chi connectivity index (χ1) is 16.0. The number of carbonyl (C=O) groups excluding carboxylic acids is 1. The van der Waals surface area contributed by atoms with E-state index in [0.29, 0.717) is 30.7 Å². The molecule has 4 rings (SSSR count). The SMILES string of the molecule is Cc1cccc(-c2noc(CN3CCCC(C(=O)NC(CC(C)C)c4ccccc4)C3)n2)c1. The van der Waals surface area contributed by atoms with Crippen molar-refractivity contribution in [3.8, 4) is 11.4 Å². The lowest BCUT2D eigenvalue weighted by molar-refractivity contribution is -0.127. The van der Waals surface area contributed by atoms with Crippen LogP contribution < -0.4 is 5.32 Å². The third-order valence-electron chi connectivity index (χ3n) is 6.21. The molecule has 2 heterocycles. The molecule has 33 heavy (non-hydrogen) atoms. The van der Waals surface area contributed by atoms with Crippen molar-refractivity contribution < 1.29 is 9.32 Å². The number of piperidine rings is 1. The molecule has 1 amide bonds. The Morgan fingerprint density at radius 2 is 2.00 bits per heavy atom. The van der Waals surface area contributed by atoms with Gasteiger partial charge in [0.2, 0.25) is 17.6 Å². The van der Waals surface area contributed by atoms with Gasteiger partial charge >= 0.3 is 0 Å². The first-order valence-corrected chi connectivity index (χ1v) is 11.9. The van der Waals surface area contributed by atoms with Gasteiger partial charge in [0.05, 0.1) is 18.5 Å². The molecule has 1 saturated heterocycles. The normalized spacial score (nSPS) is 17.8. The van der Waals surface area contributed by atoms with Gasteiger partial charge in [0.15, 0.2) is 0 Å². The Labute approximate surface area is 196 Å². The summed E-state index contributed by atoms with van der Waals surface area (Å²) in [7, 11) is 0. The number of benzene rings is 2. The summed E-state index contributed by atoms with van der Waals surface area (Å²) >= 11 is 0. The number of aromatic nitrogens is 2. The van der Waals surface area contributed by atoms with Crippen molar-refractivity contribution in [1.82, 2.24) is 20.4 Å². The van der Waals surface area contributed by atoms with E-state index in [1.165, 1.54) is 5.56 Å². The summed E-state index contributed by atoms with van der Waals surface area (Å²) < 4.78 is 5.52. The molecule has 6 heteroatoms. The molecule has 174 valence electrons. The van der Waals surface area contributed by atoms with Crippen molar-refractivity contribution in [2.45, 2.75) is 52.6 Å². The van der Waals surface area contributed by atoms with Crippen molar-refractivity contribution >= 4 is 5.91 Å². The molecule has 0 aliphatic carbocycles. The highest BCUT2D eigenvalue weighted by molar-refractivity contribution is 5.79. The fourth-order valence-corrected chi connectivity index (χ4v) is 4.55. The van der Waals surface area contributed by atoms with Gasteiger partial charge in [-0.05, 0) is 50.3 Å². The minimum atomic E-state index is -0.0312. The van der Waals surface area contributed by atoms with Gasteiger partial charge in [0.1, 0.15) is 0 Å². The van der Waals surface area contributed by atoms with Crippen LogP contribution in [0.2, 0.25) is 0 Å². The summed E-state index contributed by atoms with van der Waals surface area (Å²) in [5, 5.41) is 7.49. The number of nitrogens with one attached hydrogen (secondary N) is 1. The van der Waals surface area contributed by atoms with Crippen molar-refractivity contribution in [2.24, 2.45) is 11.8 Å². The molecule has 2 unspecified atom stereocenters. The molecule has 0 bridgehead atoms. The van der Waals surface area contributed by atoms with Crippen molar-refractivity contribution in [3.05, 3.63) is 71.6 Å². The molecule has 0 saturated carbocycles. The second kappa shape index (κ2) is 10.8. The van der Waals surface area contributed by atoms with Crippen LogP contribution in [0.15, 0.2) is 59.1 Å². The third-order valence-corrected chi connectivity index (χ3v) is 6.21. The Morgan fingerprint density at radius 3 is 2.76 bits per heavy atom. The van der Waals surface area contributed by atoms with E-state index in [9.17, 15) is 4.79 Å². The third kappa shape index (κ3) is 6.29. The maximum atomic E-state index is 13.2. The quantitative estimate of drug-likeness (QED) is 0.517. The molecule has 1 N–H and O–H groups in total. The van der Waals surface area contributed by atoms with Gasteiger partial charge in [0, 0.05) is 12.1 Å². The van der Waals surface area contributed by atoms with Crippen LogP contribution in [0.3, 0.4) is 0 Å². The maximum absolute atomic E-state index is 13.2. The Kier molecular flexibility index (Phi) is 7.55. The monoisotopic (exact) mass is 446 g/mol. The second-order valence-electron chi connectivity index (χ2n) is 9.56. The van der Waals surface area contributed by atoms with Crippen LogP contribution in [-0.2, 0) is 11.3 Å². The first-order valence-electron chi connectivity index (χ1n) is 11.9. The molecule has 1 aliphatic rings. The Hall–Kier alpha value is -2.99. The number of likely N-dealkylation sites (tertiary alicyclic amines) is 1. The molecular weight excluding hydrogens is 412 g/mol. The average Bonchev–Trinajstić information content (AvgIpc) is 3.27. The van der Waals surface area contributed by atoms with Gasteiger partial charge in [0.25, 0.3) is 0 Å². The number of amides is 1. The van der Waals surface area contributed by atoms with Gasteiger partial charge in [-0.2, -0.15) is 4.98 Å². The first kappa shape index (κ1) is 23.2. The van der Waals surface area contributed by atoms with E-state index in [1.54, 1.807) is 0 Å². The number of nitrogens with zero attached hydrogens (tertiary/aromatic N) is 3. The Morgan fingerprint density at radius 1 is 1.18 bits per heavy atom. The topological polar surface area (TPSA) is 71.3 Å². The van der Waals surface area contributed by atoms with Crippen LogP contribution in [0, 0.1) is 18.8 Å². The Bertz CT molecular complexity index is 1050. The zero-order valence-corrected chi connectivity index (χ0v) is 19.8. The largest absolute Gasteiger partial charge is 0.349 e. The highest BCUT2D eigenvalue weighted by Crippen LogP contribution is 2.25. The summed E-state index contributed by atoms with van der Waals surface area (Å²) in [6.07, 6.45) is 2.82. The van der Waals surface area contributed by atoms with Crippen molar-refractivity contribution in [1.29, 1.82) is 0 Å². The maximum Gasteiger partial charge on any atom is 0.241 e. The van der Waals surface area contributed by atoms with Crippen LogP contribution in [0.1, 0.15) is 56.2 Å². The molecule has 0 radical (unpaired) electrons. The van der Waals surface area contributed by atoms with Gasteiger partial charge in [-0.25, -0.2) is 0 Å². The van der Waals surface area contributed by atoms with E-state index in [2.05, 4.69) is 52.4 Å². The van der Waals surface area contributed by atoms with E-state index in [1.807, 2.05) is 43.3 Å². The lowest BCUT2D eigenvalue weighted by atomic mass is 9.93. The average molecular weight is 447 g/mol. The van der Waals surface area contributed by atoms with Crippen LogP contribution in [0.25, 0.3) is 11.4 Å². The van der Waals surface area contributed by atoms with Crippen LogP contribution in [0.5, 0.6) is 0 Å². The smallest absolute Gasteiger partial charge is 0.241 e. The zero-order valence-electron chi connectivity index (χ0n) is 19.8. The highest BCUT2D eigenvalue weighted by Gasteiger charge is 2.28. The summed E-state index contributed by atoms with van der Waals surface area (Å²) in [5.41, 5.74) is 3.29. The van der Waals surface area contributed by atoms with E-state index in [0.717, 1.165) is 36.9 Å². The van der Waals surface area contributed by atoms with Crippen LogP contribution >= 0.6 is 0 Å². The van der Waals surface area contributed by atoms with Crippen molar-refractivity contribution in [2.75, 3.05) is 13.1 Å². The molecule has 2 atom stereocenters. The van der Waals surface area contributed by atoms with Crippen LogP contribution in [-0.4, -0.2) is 34.0 Å².